The van der Waals surface area contributed by atoms with Crippen LogP contribution in [-0.2, 0) is 9.59 Å². The Bertz CT molecular complexity index is 1240. The molecule has 3 aromatic rings. The van der Waals surface area contributed by atoms with Crippen LogP contribution in [0.25, 0.3) is 0 Å². The fraction of sp³-hybridized carbons (Fsp3) is 0.0833. The molecule has 1 N–H and O–H groups in total. The summed E-state index contributed by atoms with van der Waals surface area (Å²) in [5.41, 5.74) is 3.21. The quantitative estimate of drug-likeness (QED) is 0.582. The number of rotatable bonds is 2. The summed E-state index contributed by atoms with van der Waals surface area (Å²) in [4.78, 5) is 29.4. The number of nitrogens with zero attached hydrogens (tertiary/aromatic N) is 1. The van der Waals surface area contributed by atoms with E-state index in [2.05, 4.69) is 5.32 Å². The monoisotopic (exact) mass is 416 g/mol. The topological polar surface area (TPSA) is 49.4 Å². The number of carbonyl (C=O) groups is 2. The zero-order chi connectivity index (χ0) is 20.8. The molecule has 3 aromatic carbocycles. The van der Waals surface area contributed by atoms with Crippen LogP contribution in [0, 0.1) is 12.7 Å². The minimum absolute atomic E-state index is 0.341. The normalized spacial score (nSPS) is 18.1. The number of thioether (sulfide) groups is 1. The fourth-order valence-electron chi connectivity index (χ4n) is 3.83. The Balaban J connectivity index is 1.68. The Morgan fingerprint density at radius 1 is 0.933 bits per heavy atom. The number of fused-ring (bicyclic) bond motifs is 1. The van der Waals surface area contributed by atoms with Crippen LogP contribution < -0.4 is 10.2 Å². The van der Waals surface area contributed by atoms with E-state index in [9.17, 15) is 14.0 Å². The van der Waals surface area contributed by atoms with E-state index in [-0.39, 0.29) is 11.8 Å². The summed E-state index contributed by atoms with van der Waals surface area (Å²) < 4.78 is 14.0. The van der Waals surface area contributed by atoms with E-state index in [0.717, 1.165) is 16.1 Å². The van der Waals surface area contributed by atoms with Crippen molar-refractivity contribution in [1.82, 2.24) is 0 Å². The van der Waals surface area contributed by atoms with Crippen LogP contribution in [0.2, 0.25) is 0 Å². The molecule has 2 amide bonds. The first-order valence-electron chi connectivity index (χ1n) is 9.51. The molecule has 6 heteroatoms. The van der Waals surface area contributed by atoms with E-state index in [4.69, 9.17) is 0 Å². The van der Waals surface area contributed by atoms with E-state index in [1.165, 1.54) is 28.8 Å². The van der Waals surface area contributed by atoms with Crippen molar-refractivity contribution in [2.45, 2.75) is 17.9 Å². The van der Waals surface area contributed by atoms with Gasteiger partial charge in [0.1, 0.15) is 5.82 Å². The summed E-state index contributed by atoms with van der Waals surface area (Å²) in [6.45, 7) is 1.91. The molecule has 2 aliphatic heterocycles. The predicted octanol–water partition coefficient (Wildman–Crippen LogP) is 5.22. The van der Waals surface area contributed by atoms with Crippen LogP contribution in [0.3, 0.4) is 0 Å². The van der Waals surface area contributed by atoms with Crippen LogP contribution >= 0.6 is 11.8 Å². The Morgan fingerprint density at radius 2 is 1.73 bits per heavy atom. The third-order valence-electron chi connectivity index (χ3n) is 5.20. The molecule has 0 unspecified atom stereocenters. The largest absolute Gasteiger partial charge is 0.373 e. The molecule has 4 nitrogen and oxygen atoms in total. The van der Waals surface area contributed by atoms with Crippen molar-refractivity contribution in [2.75, 3.05) is 10.2 Å². The summed E-state index contributed by atoms with van der Waals surface area (Å²) in [7, 11) is 0. The molecule has 0 radical (unpaired) electrons. The van der Waals surface area contributed by atoms with Crippen molar-refractivity contribution in [2.24, 2.45) is 0 Å². The van der Waals surface area contributed by atoms with Crippen molar-refractivity contribution in [1.29, 1.82) is 0 Å². The molecule has 148 valence electrons. The number of carbonyl (C=O) groups excluding carboxylic acids is 2. The molecule has 2 aliphatic rings. The summed E-state index contributed by atoms with van der Waals surface area (Å²) >= 11 is 1.28. The van der Waals surface area contributed by atoms with Crippen LogP contribution in [0.5, 0.6) is 0 Å². The number of nitrogens with one attached hydrogen (secondary N) is 1. The van der Waals surface area contributed by atoms with Crippen LogP contribution in [0.15, 0.2) is 88.2 Å². The number of para-hydroxylation sites is 1. The average Bonchev–Trinajstić information content (AvgIpc) is 2.88. The number of anilines is 2. The molecule has 0 saturated carbocycles. The number of imide groups is 1. The predicted molar refractivity (Wildman–Crippen MR) is 116 cm³/mol. The zero-order valence-corrected chi connectivity index (χ0v) is 16.9. The van der Waals surface area contributed by atoms with Gasteiger partial charge in [0.25, 0.3) is 11.8 Å². The van der Waals surface area contributed by atoms with Gasteiger partial charge < -0.3 is 5.32 Å². The second-order valence-corrected chi connectivity index (χ2v) is 8.31. The lowest BCUT2D eigenvalue weighted by Crippen LogP contribution is -2.33. The van der Waals surface area contributed by atoms with Crippen molar-refractivity contribution in [3.63, 3.8) is 0 Å². The first-order valence-corrected chi connectivity index (χ1v) is 10.3. The SMILES string of the molecule is Cc1cccc(N2C(=O)C3=C(C2=O)[C@@H](c2cccc(F)c2)Nc2ccccc2S3)c1. The average molecular weight is 416 g/mol. The molecule has 30 heavy (non-hydrogen) atoms. The number of benzene rings is 3. The van der Waals surface area contributed by atoms with E-state index in [0.29, 0.717) is 21.7 Å². The molecular weight excluding hydrogens is 399 g/mol. The second-order valence-electron chi connectivity index (χ2n) is 7.26. The van der Waals surface area contributed by atoms with Crippen molar-refractivity contribution < 1.29 is 14.0 Å². The third-order valence-corrected chi connectivity index (χ3v) is 6.38. The zero-order valence-electron chi connectivity index (χ0n) is 16.1. The van der Waals surface area contributed by atoms with Gasteiger partial charge in [-0.3, -0.25) is 9.59 Å². The maximum absolute atomic E-state index is 14.0. The first kappa shape index (κ1) is 18.6. The molecular formula is C24H17FN2O2S. The van der Waals surface area contributed by atoms with E-state index in [1.807, 2.05) is 49.4 Å². The Morgan fingerprint density at radius 3 is 2.53 bits per heavy atom. The smallest absolute Gasteiger partial charge is 0.272 e. The lowest BCUT2D eigenvalue weighted by Gasteiger charge is -2.22. The van der Waals surface area contributed by atoms with Crippen molar-refractivity contribution in [3.05, 3.63) is 100 Å². The number of hydrogen-bond donors (Lipinski definition) is 1. The van der Waals surface area contributed by atoms with E-state index < -0.39 is 11.9 Å². The molecule has 0 aliphatic carbocycles. The standard InChI is InChI=1S/C24H17FN2O2S/c1-14-6-4-9-17(12-14)27-23(28)20-21(15-7-5-8-16(25)13-15)26-18-10-2-3-11-19(18)30-22(20)24(27)29/h2-13,21,26H,1H3/t21-/m1/s1. The highest BCUT2D eigenvalue weighted by atomic mass is 32.2. The maximum atomic E-state index is 14.0. The van der Waals surface area contributed by atoms with Crippen LogP contribution in [0.4, 0.5) is 15.8 Å². The third kappa shape index (κ3) is 3.00. The highest BCUT2D eigenvalue weighted by Gasteiger charge is 2.45. The van der Waals surface area contributed by atoms with Crippen LogP contribution in [0.1, 0.15) is 17.2 Å². The lowest BCUT2D eigenvalue weighted by atomic mass is 9.98. The van der Waals surface area contributed by atoms with Crippen molar-refractivity contribution in [3.8, 4) is 0 Å². The molecule has 0 fully saturated rings. The molecule has 5 rings (SSSR count). The molecule has 0 saturated heterocycles. The van der Waals surface area contributed by atoms with E-state index in [1.54, 1.807) is 18.2 Å². The summed E-state index contributed by atoms with van der Waals surface area (Å²) in [5.74, 6) is -1.14. The molecule has 0 bridgehead atoms. The number of amides is 2. The van der Waals surface area contributed by atoms with Crippen molar-refractivity contribution >= 4 is 35.0 Å². The van der Waals surface area contributed by atoms with Gasteiger partial charge >= 0.3 is 0 Å². The van der Waals surface area contributed by atoms with Gasteiger partial charge in [-0.2, -0.15) is 0 Å². The van der Waals surface area contributed by atoms with E-state index >= 15 is 0 Å². The van der Waals surface area contributed by atoms with Gasteiger partial charge in [-0.1, -0.05) is 48.2 Å². The number of hydrogen-bond acceptors (Lipinski definition) is 4. The molecule has 1 atom stereocenters. The number of halogens is 1. The van der Waals surface area contributed by atoms with Gasteiger partial charge in [0.05, 0.1) is 22.2 Å². The van der Waals surface area contributed by atoms with Gasteiger partial charge in [-0.25, -0.2) is 9.29 Å². The summed E-state index contributed by atoms with van der Waals surface area (Å²) in [6, 6.07) is 20.3. The minimum Gasteiger partial charge on any atom is -0.373 e. The highest BCUT2D eigenvalue weighted by Crippen LogP contribution is 2.48. The molecule has 0 spiro atoms. The maximum Gasteiger partial charge on any atom is 0.272 e. The highest BCUT2D eigenvalue weighted by molar-refractivity contribution is 8.04. The lowest BCUT2D eigenvalue weighted by molar-refractivity contribution is -0.120. The second kappa shape index (κ2) is 7.15. The van der Waals surface area contributed by atoms with Gasteiger partial charge in [0.15, 0.2) is 0 Å². The number of aryl methyl sites for hydroxylation is 1. The van der Waals surface area contributed by atoms with Gasteiger partial charge in [0.2, 0.25) is 0 Å². The first-order chi connectivity index (χ1) is 14.5. The van der Waals surface area contributed by atoms with Crippen LogP contribution in [-0.4, -0.2) is 11.8 Å². The Kier molecular flexibility index (Phi) is 4.44. The molecule has 0 aromatic heterocycles. The minimum atomic E-state index is -0.641. The molecule has 2 heterocycles. The Labute approximate surface area is 177 Å². The summed E-state index contributed by atoms with van der Waals surface area (Å²) in [5, 5.41) is 3.36. The Hall–Kier alpha value is -3.38. The summed E-state index contributed by atoms with van der Waals surface area (Å²) in [6.07, 6.45) is 0. The van der Waals surface area contributed by atoms with Gasteiger partial charge in [-0.05, 0) is 54.4 Å². The van der Waals surface area contributed by atoms with Gasteiger partial charge in [-0.15, -0.1) is 0 Å². The fourth-order valence-corrected chi connectivity index (χ4v) is 4.93. The van der Waals surface area contributed by atoms with Gasteiger partial charge in [0, 0.05) is 10.6 Å².